The zero-order valence-corrected chi connectivity index (χ0v) is 13.0. The molecule has 1 aliphatic carbocycles. The molecule has 2 heterocycles. The van der Waals surface area contributed by atoms with Gasteiger partial charge in [-0.15, -0.1) is 0 Å². The van der Waals surface area contributed by atoms with E-state index in [-0.39, 0.29) is 48.4 Å². The third-order valence-electron chi connectivity index (χ3n) is 4.84. The van der Waals surface area contributed by atoms with Gasteiger partial charge in [0.1, 0.15) is 0 Å². The van der Waals surface area contributed by atoms with Crippen molar-refractivity contribution in [1.82, 2.24) is 4.90 Å². The molecule has 3 aliphatic rings. The minimum atomic E-state index is -0.303. The van der Waals surface area contributed by atoms with E-state index in [1.165, 1.54) is 0 Å². The Balaban J connectivity index is 1.96. The average molecular weight is 303 g/mol. The van der Waals surface area contributed by atoms with Gasteiger partial charge < -0.3 is 4.74 Å². The topological polar surface area (TPSA) is 63.7 Å². The van der Waals surface area contributed by atoms with E-state index in [2.05, 4.69) is 4.90 Å². The first kappa shape index (κ1) is 15.2. The average Bonchev–Trinajstić information content (AvgIpc) is 2.88. The quantitative estimate of drug-likeness (QED) is 0.568. The molecule has 3 rings (SSSR count). The molecule has 0 spiro atoms. The summed E-state index contributed by atoms with van der Waals surface area (Å²) in [5.74, 6) is -0.691. The smallest absolute Gasteiger partial charge is 0.337 e. The molecular formula is C17H21NO4. The summed E-state index contributed by atoms with van der Waals surface area (Å²) in [5, 5.41) is 0. The summed E-state index contributed by atoms with van der Waals surface area (Å²) in [6, 6.07) is 0.144. The molecule has 3 unspecified atom stereocenters. The molecule has 22 heavy (non-hydrogen) atoms. The minimum Gasteiger partial charge on any atom is -0.462 e. The Morgan fingerprint density at radius 2 is 2.14 bits per heavy atom. The molecule has 2 fully saturated rings. The van der Waals surface area contributed by atoms with E-state index in [1.807, 2.05) is 19.1 Å². The van der Waals surface area contributed by atoms with Crippen molar-refractivity contribution in [3.63, 3.8) is 0 Å². The molecule has 5 heteroatoms. The predicted molar refractivity (Wildman–Crippen MR) is 80.1 cm³/mol. The fourth-order valence-electron chi connectivity index (χ4n) is 3.79. The predicted octanol–water partition coefficient (Wildman–Crippen LogP) is 1.28. The summed E-state index contributed by atoms with van der Waals surface area (Å²) in [5.41, 5.74) is 1.68. The molecule has 0 saturated carbocycles. The number of ether oxygens (including phenoxy) is 1. The number of hydrogen-bond donors (Lipinski definition) is 0. The van der Waals surface area contributed by atoms with Crippen molar-refractivity contribution in [2.75, 3.05) is 19.7 Å². The van der Waals surface area contributed by atoms with E-state index in [4.69, 9.17) is 4.74 Å². The van der Waals surface area contributed by atoms with Crippen molar-refractivity contribution in [2.24, 2.45) is 11.8 Å². The molecule has 0 amide bonds. The van der Waals surface area contributed by atoms with Gasteiger partial charge in [0.15, 0.2) is 5.78 Å². The van der Waals surface area contributed by atoms with Crippen LogP contribution >= 0.6 is 0 Å². The van der Waals surface area contributed by atoms with Gasteiger partial charge in [-0.25, -0.2) is 4.79 Å². The van der Waals surface area contributed by atoms with Crippen molar-refractivity contribution in [2.45, 2.75) is 32.7 Å². The number of rotatable bonds is 2. The molecule has 2 aliphatic heterocycles. The van der Waals surface area contributed by atoms with Gasteiger partial charge in [0.25, 0.3) is 0 Å². The monoisotopic (exact) mass is 303 g/mol. The van der Waals surface area contributed by atoms with E-state index in [0.29, 0.717) is 12.2 Å². The van der Waals surface area contributed by atoms with Crippen molar-refractivity contribution in [3.8, 4) is 0 Å². The van der Waals surface area contributed by atoms with Crippen molar-refractivity contribution in [3.05, 3.63) is 23.3 Å². The first-order valence-corrected chi connectivity index (χ1v) is 7.91. The third kappa shape index (κ3) is 2.54. The van der Waals surface area contributed by atoms with E-state index >= 15 is 0 Å². The highest BCUT2D eigenvalue weighted by Gasteiger charge is 2.43. The largest absolute Gasteiger partial charge is 0.462 e. The number of carbonyl (C=O) groups excluding carboxylic acids is 3. The number of esters is 1. The van der Waals surface area contributed by atoms with Gasteiger partial charge >= 0.3 is 5.97 Å². The van der Waals surface area contributed by atoms with Crippen LogP contribution < -0.4 is 0 Å². The molecule has 118 valence electrons. The highest BCUT2D eigenvalue weighted by molar-refractivity contribution is 6.38. The van der Waals surface area contributed by atoms with Gasteiger partial charge in [-0.05, 0) is 43.4 Å². The van der Waals surface area contributed by atoms with E-state index in [9.17, 15) is 14.4 Å². The van der Waals surface area contributed by atoms with E-state index < -0.39 is 0 Å². The minimum absolute atomic E-state index is 0.0250. The van der Waals surface area contributed by atoms with Crippen LogP contribution in [0.4, 0.5) is 0 Å². The van der Waals surface area contributed by atoms with Crippen LogP contribution in [0.3, 0.4) is 0 Å². The Morgan fingerprint density at radius 3 is 2.86 bits per heavy atom. The lowest BCUT2D eigenvalue weighted by molar-refractivity contribution is -0.138. The maximum atomic E-state index is 12.1. The zero-order chi connectivity index (χ0) is 15.9. The molecule has 0 aromatic heterocycles. The van der Waals surface area contributed by atoms with Gasteiger partial charge in [-0.2, -0.15) is 0 Å². The lowest BCUT2D eigenvalue weighted by atomic mass is 9.78. The summed E-state index contributed by atoms with van der Waals surface area (Å²) < 4.78 is 5.11. The maximum Gasteiger partial charge on any atom is 0.337 e. The molecule has 0 radical (unpaired) electrons. The van der Waals surface area contributed by atoms with Gasteiger partial charge in [0.05, 0.1) is 18.7 Å². The van der Waals surface area contributed by atoms with Crippen LogP contribution in [0.5, 0.6) is 0 Å². The molecule has 0 N–H and O–H groups in total. The summed E-state index contributed by atoms with van der Waals surface area (Å²) >= 11 is 0. The van der Waals surface area contributed by atoms with Crippen molar-refractivity contribution in [1.29, 1.82) is 0 Å². The van der Waals surface area contributed by atoms with Crippen LogP contribution in [-0.2, 0) is 19.1 Å². The normalized spacial score (nSPS) is 31.8. The third-order valence-corrected chi connectivity index (χ3v) is 4.84. The first-order valence-electron chi connectivity index (χ1n) is 7.91. The standard InChI is InChI=1S/C17H21NO4/c1-3-22-17(21)12-7-11-4-5-18-9-15(20)14(19)6-10(2)13(8-12)16(11)18/h7-8,10-11,16H,3-6,9H2,1-2H3. The summed E-state index contributed by atoms with van der Waals surface area (Å²) in [4.78, 5) is 38.0. The van der Waals surface area contributed by atoms with E-state index in [1.54, 1.807) is 6.92 Å². The lowest BCUT2D eigenvalue weighted by Gasteiger charge is -2.36. The van der Waals surface area contributed by atoms with Crippen molar-refractivity contribution >= 4 is 17.5 Å². The number of nitrogens with zero attached hydrogens (tertiary/aromatic N) is 1. The summed E-state index contributed by atoms with van der Waals surface area (Å²) in [6.07, 6.45) is 4.99. The molecule has 0 aromatic rings. The molecule has 3 atom stereocenters. The second kappa shape index (κ2) is 5.80. The summed E-state index contributed by atoms with van der Waals surface area (Å²) in [7, 11) is 0. The van der Waals surface area contributed by atoms with Crippen LogP contribution in [0.2, 0.25) is 0 Å². The number of Topliss-reactive ketones (excluding diaryl/α,β-unsaturated/α-hetero) is 2. The Kier molecular flexibility index (Phi) is 4.00. The van der Waals surface area contributed by atoms with Crippen LogP contribution in [-0.4, -0.2) is 48.2 Å². The SMILES string of the molecule is CCOC(=O)C1=CC2CCN3CC(=O)C(=O)CC(C)C(=C1)C23. The highest BCUT2D eigenvalue weighted by atomic mass is 16.5. The van der Waals surface area contributed by atoms with Gasteiger partial charge in [0, 0.05) is 12.5 Å². The van der Waals surface area contributed by atoms with Gasteiger partial charge in [0.2, 0.25) is 5.78 Å². The first-order chi connectivity index (χ1) is 10.5. The Hall–Kier alpha value is -1.75. The van der Waals surface area contributed by atoms with Crippen LogP contribution in [0.15, 0.2) is 23.3 Å². The fourth-order valence-corrected chi connectivity index (χ4v) is 3.79. The Bertz CT molecular complexity index is 589. The molecule has 2 saturated heterocycles. The van der Waals surface area contributed by atoms with Crippen LogP contribution in [0.1, 0.15) is 26.7 Å². The number of hydrogen-bond acceptors (Lipinski definition) is 5. The fraction of sp³-hybridized carbons (Fsp3) is 0.588. The van der Waals surface area contributed by atoms with Crippen LogP contribution in [0, 0.1) is 11.8 Å². The number of carbonyl (C=O) groups is 3. The molecule has 0 aromatic carbocycles. The second-order valence-corrected chi connectivity index (χ2v) is 6.31. The van der Waals surface area contributed by atoms with Crippen LogP contribution in [0.25, 0.3) is 0 Å². The Morgan fingerprint density at radius 1 is 1.36 bits per heavy atom. The van der Waals surface area contributed by atoms with Gasteiger partial charge in [-0.3, -0.25) is 14.5 Å². The maximum absolute atomic E-state index is 12.1. The highest BCUT2D eigenvalue weighted by Crippen LogP contribution is 2.40. The van der Waals surface area contributed by atoms with Crippen molar-refractivity contribution < 1.29 is 19.1 Å². The number of ketones is 2. The van der Waals surface area contributed by atoms with E-state index in [0.717, 1.165) is 18.5 Å². The summed E-state index contributed by atoms with van der Waals surface area (Å²) in [6.45, 7) is 5.08. The second-order valence-electron chi connectivity index (χ2n) is 6.31. The van der Waals surface area contributed by atoms with Gasteiger partial charge in [-0.1, -0.05) is 13.0 Å². The molecule has 0 bridgehead atoms. The Labute approximate surface area is 130 Å². The zero-order valence-electron chi connectivity index (χ0n) is 13.0. The molecule has 5 nitrogen and oxygen atoms in total. The molecular weight excluding hydrogens is 282 g/mol. The lowest BCUT2D eigenvalue weighted by Crippen LogP contribution is -2.44.